The summed E-state index contributed by atoms with van der Waals surface area (Å²) in [6, 6.07) is 5.98. The smallest absolute Gasteiger partial charge is 0.391 e. The normalized spacial score (nSPS) is 16.6. The average Bonchev–Trinajstić information content (AvgIpc) is 2.45. The van der Waals surface area contributed by atoms with Gasteiger partial charge in [-0.25, -0.2) is 4.79 Å². The van der Waals surface area contributed by atoms with Gasteiger partial charge in [-0.05, 0) is 31.0 Å². The lowest BCUT2D eigenvalue weighted by Crippen LogP contribution is -2.39. The predicted octanol–water partition coefficient (Wildman–Crippen LogP) is 3.04. The number of carbonyl (C=O) groups is 1. The Morgan fingerprint density at radius 2 is 1.95 bits per heavy atom. The monoisotopic (exact) mass is 298 g/mol. The summed E-state index contributed by atoms with van der Waals surface area (Å²) in [5, 5.41) is 18.0. The van der Waals surface area contributed by atoms with Crippen LogP contribution in [0.4, 0.5) is 18.9 Å². The molecule has 21 heavy (non-hydrogen) atoms. The Hall–Kier alpha value is -2.23. The van der Waals surface area contributed by atoms with Crippen molar-refractivity contribution in [1.82, 2.24) is 0 Å². The average molecular weight is 298 g/mol. The Labute approximate surface area is 119 Å². The van der Waals surface area contributed by atoms with E-state index in [2.05, 4.69) is 0 Å². The molecule has 2 rings (SSSR count). The Kier molecular flexibility index (Phi) is 4.07. The third kappa shape index (κ3) is 3.27. The Morgan fingerprint density at radius 3 is 2.43 bits per heavy atom. The summed E-state index contributed by atoms with van der Waals surface area (Å²) in [5.41, 5.74) is 0.643. The molecule has 0 bridgehead atoms. The fraction of sp³-hybridized carbons (Fsp3) is 0.429. The van der Waals surface area contributed by atoms with Crippen LogP contribution in [0.5, 0.6) is 0 Å². The number of alkyl halides is 3. The lowest BCUT2D eigenvalue weighted by atomic mass is 9.95. The second-order valence-electron chi connectivity index (χ2n) is 4.95. The number of nitriles is 1. The minimum atomic E-state index is -4.18. The van der Waals surface area contributed by atoms with Crippen molar-refractivity contribution < 1.29 is 23.1 Å². The summed E-state index contributed by atoms with van der Waals surface area (Å²) in [4.78, 5) is 12.6. The number of rotatable bonds is 2. The number of nitrogens with zero attached hydrogens (tertiary/aromatic N) is 2. The highest BCUT2D eigenvalue weighted by Crippen LogP contribution is 2.36. The van der Waals surface area contributed by atoms with Crippen molar-refractivity contribution >= 4 is 11.7 Å². The van der Waals surface area contributed by atoms with Crippen molar-refractivity contribution in [1.29, 1.82) is 5.26 Å². The molecule has 1 fully saturated rings. The molecule has 1 heterocycles. The van der Waals surface area contributed by atoms with Gasteiger partial charge in [-0.3, -0.25) is 0 Å². The molecule has 0 aromatic heterocycles. The van der Waals surface area contributed by atoms with Crippen LogP contribution in [-0.4, -0.2) is 30.3 Å². The Morgan fingerprint density at radius 1 is 1.33 bits per heavy atom. The molecule has 0 radical (unpaired) electrons. The van der Waals surface area contributed by atoms with Crippen LogP contribution in [0.25, 0.3) is 0 Å². The van der Waals surface area contributed by atoms with Gasteiger partial charge < -0.3 is 10.0 Å². The van der Waals surface area contributed by atoms with Gasteiger partial charge in [0.1, 0.15) is 6.07 Å². The molecule has 7 heteroatoms. The summed E-state index contributed by atoms with van der Waals surface area (Å²) in [6.45, 7) is 0.399. The third-order valence-corrected chi connectivity index (χ3v) is 3.66. The molecule has 4 nitrogen and oxygen atoms in total. The molecule has 0 amide bonds. The molecule has 1 aromatic carbocycles. The molecule has 1 aromatic rings. The lowest BCUT2D eigenvalue weighted by Gasteiger charge is -2.34. The summed E-state index contributed by atoms with van der Waals surface area (Å²) < 4.78 is 37.9. The van der Waals surface area contributed by atoms with Gasteiger partial charge in [-0.15, -0.1) is 0 Å². The first-order valence-electron chi connectivity index (χ1n) is 6.42. The van der Waals surface area contributed by atoms with Gasteiger partial charge in [0, 0.05) is 13.1 Å². The highest BCUT2D eigenvalue weighted by atomic mass is 19.4. The van der Waals surface area contributed by atoms with Crippen molar-refractivity contribution in [3.63, 3.8) is 0 Å². The van der Waals surface area contributed by atoms with Crippen molar-refractivity contribution in [2.45, 2.75) is 19.0 Å². The molecule has 0 spiro atoms. The molecule has 1 N–H and O–H groups in total. The summed E-state index contributed by atoms with van der Waals surface area (Å²) in [7, 11) is 0. The van der Waals surface area contributed by atoms with Gasteiger partial charge in [0.2, 0.25) is 0 Å². The maximum atomic E-state index is 12.6. The fourth-order valence-electron chi connectivity index (χ4n) is 2.48. The van der Waals surface area contributed by atoms with E-state index in [1.807, 2.05) is 6.07 Å². The van der Waals surface area contributed by atoms with Crippen LogP contribution >= 0.6 is 0 Å². The first-order chi connectivity index (χ1) is 9.82. The molecule has 1 aliphatic rings. The SMILES string of the molecule is N#Cc1cc(C(=O)O)ccc1N1CCC(C(F)(F)F)CC1. The van der Waals surface area contributed by atoms with Gasteiger partial charge in [-0.2, -0.15) is 18.4 Å². The highest BCUT2D eigenvalue weighted by Gasteiger charge is 2.41. The van der Waals surface area contributed by atoms with Crippen molar-refractivity contribution in [2.24, 2.45) is 5.92 Å². The summed E-state index contributed by atoms with van der Waals surface area (Å²) in [5.74, 6) is -2.45. The van der Waals surface area contributed by atoms with Crippen LogP contribution in [-0.2, 0) is 0 Å². The van der Waals surface area contributed by atoms with E-state index >= 15 is 0 Å². The standard InChI is InChI=1S/C14H13F3N2O2/c15-14(16,17)11-3-5-19(6-4-11)12-2-1-9(13(20)21)7-10(12)8-18/h1-2,7,11H,3-6H2,(H,20,21). The molecule has 0 unspecified atom stereocenters. The number of benzene rings is 1. The first-order valence-corrected chi connectivity index (χ1v) is 6.42. The number of carboxylic acid groups (broad SMARTS) is 1. The Balaban J connectivity index is 2.17. The van der Waals surface area contributed by atoms with Crippen molar-refractivity contribution in [2.75, 3.05) is 18.0 Å². The quantitative estimate of drug-likeness (QED) is 0.911. The highest BCUT2D eigenvalue weighted by molar-refractivity contribution is 5.89. The maximum Gasteiger partial charge on any atom is 0.391 e. The van der Waals surface area contributed by atoms with Gasteiger partial charge in [-0.1, -0.05) is 0 Å². The number of piperidine rings is 1. The molecular formula is C14H13F3N2O2. The van der Waals surface area contributed by atoms with E-state index in [0.29, 0.717) is 5.69 Å². The summed E-state index contributed by atoms with van der Waals surface area (Å²) >= 11 is 0. The lowest BCUT2D eigenvalue weighted by molar-refractivity contribution is -0.179. The minimum absolute atomic E-state index is 0.0134. The zero-order chi connectivity index (χ0) is 15.6. The zero-order valence-electron chi connectivity index (χ0n) is 11.0. The second kappa shape index (κ2) is 5.64. The molecule has 1 aliphatic heterocycles. The Bertz CT molecular complexity index is 585. The van der Waals surface area contributed by atoms with Crippen LogP contribution < -0.4 is 4.90 Å². The molecule has 0 aliphatic carbocycles. The van der Waals surface area contributed by atoms with Gasteiger partial charge in [0.15, 0.2) is 0 Å². The van der Waals surface area contributed by atoms with Crippen LogP contribution in [0.1, 0.15) is 28.8 Å². The van der Waals surface area contributed by atoms with Crippen molar-refractivity contribution in [3.8, 4) is 6.07 Å². The van der Waals surface area contributed by atoms with E-state index in [1.165, 1.54) is 18.2 Å². The van der Waals surface area contributed by atoms with E-state index in [1.54, 1.807) is 4.90 Å². The number of anilines is 1. The maximum absolute atomic E-state index is 12.6. The minimum Gasteiger partial charge on any atom is -0.478 e. The van der Waals surface area contributed by atoms with Gasteiger partial charge in [0.25, 0.3) is 0 Å². The second-order valence-corrected chi connectivity index (χ2v) is 4.95. The van der Waals surface area contributed by atoms with E-state index in [0.717, 1.165) is 0 Å². The third-order valence-electron chi connectivity index (χ3n) is 3.66. The largest absolute Gasteiger partial charge is 0.478 e. The topological polar surface area (TPSA) is 64.3 Å². The van der Waals surface area contributed by atoms with Gasteiger partial charge >= 0.3 is 12.1 Å². The molecule has 1 saturated heterocycles. The van der Waals surface area contributed by atoms with Crippen LogP contribution in [0, 0.1) is 17.2 Å². The van der Waals surface area contributed by atoms with E-state index < -0.39 is 18.1 Å². The van der Waals surface area contributed by atoms with E-state index in [4.69, 9.17) is 10.4 Å². The van der Waals surface area contributed by atoms with E-state index in [-0.39, 0.29) is 37.1 Å². The summed E-state index contributed by atoms with van der Waals surface area (Å²) in [6.07, 6.45) is -4.22. The van der Waals surface area contributed by atoms with Gasteiger partial charge in [0.05, 0.1) is 22.7 Å². The molecular weight excluding hydrogens is 285 g/mol. The number of halogens is 3. The fourth-order valence-corrected chi connectivity index (χ4v) is 2.48. The first kappa shape index (κ1) is 15.2. The van der Waals surface area contributed by atoms with Crippen LogP contribution in [0.3, 0.4) is 0 Å². The molecule has 0 saturated carbocycles. The zero-order valence-corrected chi connectivity index (χ0v) is 11.0. The molecule has 0 atom stereocenters. The number of carboxylic acids is 1. The molecule has 112 valence electrons. The predicted molar refractivity (Wildman–Crippen MR) is 69.1 cm³/mol. The number of hydrogen-bond acceptors (Lipinski definition) is 3. The van der Waals surface area contributed by atoms with E-state index in [9.17, 15) is 18.0 Å². The van der Waals surface area contributed by atoms with Crippen molar-refractivity contribution in [3.05, 3.63) is 29.3 Å². The van der Waals surface area contributed by atoms with Crippen LogP contribution in [0.15, 0.2) is 18.2 Å². The van der Waals surface area contributed by atoms with Crippen LogP contribution in [0.2, 0.25) is 0 Å². The number of aromatic carboxylic acids is 1. The number of hydrogen-bond donors (Lipinski definition) is 1.